The van der Waals surface area contributed by atoms with Crippen LogP contribution in [0.15, 0.2) is 17.1 Å². The van der Waals surface area contributed by atoms with Crippen LogP contribution in [0.2, 0.25) is 0 Å². The van der Waals surface area contributed by atoms with E-state index in [2.05, 4.69) is 15.6 Å². The lowest BCUT2D eigenvalue weighted by molar-refractivity contribution is -0.128. The van der Waals surface area contributed by atoms with Crippen LogP contribution in [0.1, 0.15) is 25.3 Å². The zero-order valence-corrected chi connectivity index (χ0v) is 16.6. The molecule has 0 aliphatic carbocycles. The van der Waals surface area contributed by atoms with Crippen LogP contribution in [0.5, 0.6) is 17.2 Å². The highest BCUT2D eigenvalue weighted by Gasteiger charge is 2.18. The summed E-state index contributed by atoms with van der Waals surface area (Å²) in [6.07, 6.45) is 2.16. The molecule has 8 nitrogen and oxygen atoms in total. The third-order valence-corrected chi connectivity index (χ3v) is 4.40. The Kier molecular flexibility index (Phi) is 8.03. The molecule has 1 aromatic rings. The standard InChI is InChI=1S/C19H30N4O4/c1-5-20-19(22-13-16(24)23-10-6-7-11-23)21-12-14-8-9-15(25-2)18(27-4)17(14)26-3/h8-9H,5-7,10-13H2,1-4H3,(H2,20,21,22). The molecule has 8 heteroatoms. The van der Waals surface area contributed by atoms with Gasteiger partial charge in [0.2, 0.25) is 11.7 Å². The van der Waals surface area contributed by atoms with Gasteiger partial charge in [0.15, 0.2) is 17.5 Å². The van der Waals surface area contributed by atoms with Gasteiger partial charge in [0.05, 0.1) is 34.4 Å². The number of hydrogen-bond acceptors (Lipinski definition) is 5. The van der Waals surface area contributed by atoms with Gasteiger partial charge in [-0.25, -0.2) is 4.99 Å². The highest BCUT2D eigenvalue weighted by molar-refractivity contribution is 5.86. The first-order chi connectivity index (χ1) is 13.1. The number of rotatable bonds is 8. The van der Waals surface area contributed by atoms with Crippen LogP contribution in [0, 0.1) is 0 Å². The second-order valence-electron chi connectivity index (χ2n) is 6.13. The van der Waals surface area contributed by atoms with E-state index < -0.39 is 0 Å². The Balaban J connectivity index is 2.08. The molecular formula is C19H30N4O4. The van der Waals surface area contributed by atoms with Crippen molar-refractivity contribution in [1.82, 2.24) is 15.5 Å². The molecule has 0 spiro atoms. The number of ether oxygens (including phenoxy) is 3. The van der Waals surface area contributed by atoms with E-state index in [1.807, 2.05) is 24.0 Å². The maximum Gasteiger partial charge on any atom is 0.241 e. The molecule has 0 bridgehead atoms. The fourth-order valence-electron chi connectivity index (χ4n) is 3.03. The number of carbonyl (C=O) groups is 1. The maximum absolute atomic E-state index is 12.2. The SMILES string of the molecule is CCNC(=NCc1ccc(OC)c(OC)c1OC)NCC(=O)N1CCCC1. The minimum absolute atomic E-state index is 0.0989. The van der Waals surface area contributed by atoms with Crippen LogP contribution in [0.25, 0.3) is 0 Å². The van der Waals surface area contributed by atoms with E-state index in [9.17, 15) is 4.79 Å². The molecule has 2 N–H and O–H groups in total. The number of aliphatic imine (C=N–C) groups is 1. The summed E-state index contributed by atoms with van der Waals surface area (Å²) in [6.45, 7) is 4.98. The van der Waals surface area contributed by atoms with Crippen LogP contribution >= 0.6 is 0 Å². The van der Waals surface area contributed by atoms with Gasteiger partial charge >= 0.3 is 0 Å². The van der Waals surface area contributed by atoms with E-state index in [0.29, 0.717) is 36.3 Å². The van der Waals surface area contributed by atoms with Gasteiger partial charge in [-0.15, -0.1) is 0 Å². The van der Waals surface area contributed by atoms with E-state index >= 15 is 0 Å². The van der Waals surface area contributed by atoms with Gasteiger partial charge in [-0.05, 0) is 31.9 Å². The molecule has 1 aromatic carbocycles. The van der Waals surface area contributed by atoms with Crippen LogP contribution in [0.4, 0.5) is 0 Å². The number of nitrogens with one attached hydrogen (secondary N) is 2. The largest absolute Gasteiger partial charge is 0.493 e. The fourth-order valence-corrected chi connectivity index (χ4v) is 3.03. The Labute approximate surface area is 160 Å². The number of likely N-dealkylation sites (tertiary alicyclic amines) is 1. The molecule has 0 saturated carbocycles. The van der Waals surface area contributed by atoms with Crippen molar-refractivity contribution in [3.63, 3.8) is 0 Å². The zero-order chi connectivity index (χ0) is 19.6. The van der Waals surface area contributed by atoms with Crippen molar-refractivity contribution >= 4 is 11.9 Å². The molecule has 0 unspecified atom stereocenters. The minimum atomic E-state index is 0.0989. The smallest absolute Gasteiger partial charge is 0.241 e. The number of nitrogens with zero attached hydrogens (tertiary/aromatic N) is 2. The van der Waals surface area contributed by atoms with E-state index in [-0.39, 0.29) is 12.5 Å². The average Bonchev–Trinajstić information content (AvgIpc) is 3.23. The van der Waals surface area contributed by atoms with E-state index in [0.717, 1.165) is 31.5 Å². The highest BCUT2D eigenvalue weighted by atomic mass is 16.5. The molecule has 2 rings (SSSR count). The molecule has 0 atom stereocenters. The zero-order valence-electron chi connectivity index (χ0n) is 16.6. The van der Waals surface area contributed by atoms with Crippen molar-refractivity contribution in [1.29, 1.82) is 0 Å². The molecule has 1 aliphatic heterocycles. The maximum atomic E-state index is 12.2. The van der Waals surface area contributed by atoms with Gasteiger partial charge in [0.1, 0.15) is 0 Å². The summed E-state index contributed by atoms with van der Waals surface area (Å²) in [5.74, 6) is 2.41. The topological polar surface area (TPSA) is 84.4 Å². The lowest BCUT2D eigenvalue weighted by atomic mass is 10.1. The van der Waals surface area contributed by atoms with Gasteiger partial charge in [-0.3, -0.25) is 4.79 Å². The second kappa shape index (κ2) is 10.5. The normalized spacial score (nSPS) is 14.1. The van der Waals surface area contributed by atoms with Crippen molar-refractivity contribution in [2.24, 2.45) is 4.99 Å². The summed E-state index contributed by atoms with van der Waals surface area (Å²) < 4.78 is 16.2. The van der Waals surface area contributed by atoms with E-state index in [1.54, 1.807) is 21.3 Å². The lowest BCUT2D eigenvalue weighted by Gasteiger charge is -2.18. The Morgan fingerprint density at radius 2 is 1.78 bits per heavy atom. The van der Waals surface area contributed by atoms with Crippen LogP contribution < -0.4 is 24.8 Å². The van der Waals surface area contributed by atoms with Crippen molar-refractivity contribution in [3.05, 3.63) is 17.7 Å². The van der Waals surface area contributed by atoms with Crippen LogP contribution in [-0.4, -0.2) is 64.3 Å². The van der Waals surface area contributed by atoms with E-state index in [4.69, 9.17) is 14.2 Å². The van der Waals surface area contributed by atoms with Gasteiger partial charge in [-0.1, -0.05) is 0 Å². The quantitative estimate of drug-likeness (QED) is 0.525. The number of carbonyl (C=O) groups excluding carboxylic acids is 1. The number of methoxy groups -OCH3 is 3. The summed E-state index contributed by atoms with van der Waals surface area (Å²) in [6, 6.07) is 3.71. The third-order valence-electron chi connectivity index (χ3n) is 4.40. The summed E-state index contributed by atoms with van der Waals surface area (Å²) in [7, 11) is 4.74. The first-order valence-electron chi connectivity index (χ1n) is 9.22. The van der Waals surface area contributed by atoms with Crippen LogP contribution in [-0.2, 0) is 11.3 Å². The Morgan fingerprint density at radius 1 is 1.07 bits per heavy atom. The molecule has 27 heavy (non-hydrogen) atoms. The molecule has 150 valence electrons. The molecule has 1 fully saturated rings. The Hall–Kier alpha value is -2.64. The number of hydrogen-bond donors (Lipinski definition) is 2. The van der Waals surface area contributed by atoms with Crippen LogP contribution in [0.3, 0.4) is 0 Å². The minimum Gasteiger partial charge on any atom is -0.493 e. The average molecular weight is 378 g/mol. The number of amides is 1. The number of benzene rings is 1. The molecule has 1 amide bonds. The summed E-state index contributed by atoms with van der Waals surface area (Å²) in [4.78, 5) is 18.7. The van der Waals surface area contributed by atoms with Gasteiger partial charge in [0.25, 0.3) is 0 Å². The second-order valence-corrected chi connectivity index (χ2v) is 6.13. The molecule has 1 saturated heterocycles. The Bertz CT molecular complexity index is 657. The van der Waals surface area contributed by atoms with Crippen molar-refractivity contribution in [2.75, 3.05) is 47.5 Å². The fraction of sp³-hybridized carbons (Fsp3) is 0.579. The molecule has 0 radical (unpaired) electrons. The van der Waals surface area contributed by atoms with Crippen molar-refractivity contribution in [2.45, 2.75) is 26.3 Å². The summed E-state index contributed by atoms with van der Waals surface area (Å²) in [5, 5.41) is 6.27. The molecular weight excluding hydrogens is 348 g/mol. The molecule has 1 heterocycles. The van der Waals surface area contributed by atoms with Crippen molar-refractivity contribution in [3.8, 4) is 17.2 Å². The van der Waals surface area contributed by atoms with E-state index in [1.165, 1.54) is 0 Å². The predicted octanol–water partition coefficient (Wildman–Crippen LogP) is 1.39. The number of guanidine groups is 1. The third kappa shape index (κ3) is 5.42. The van der Waals surface area contributed by atoms with Gasteiger partial charge in [-0.2, -0.15) is 0 Å². The molecule has 1 aliphatic rings. The monoisotopic (exact) mass is 378 g/mol. The lowest BCUT2D eigenvalue weighted by Crippen LogP contribution is -2.44. The molecule has 0 aromatic heterocycles. The predicted molar refractivity (Wildman–Crippen MR) is 105 cm³/mol. The summed E-state index contributed by atoms with van der Waals surface area (Å²) >= 11 is 0. The van der Waals surface area contributed by atoms with Gasteiger partial charge in [0, 0.05) is 25.2 Å². The first-order valence-corrected chi connectivity index (χ1v) is 9.22. The highest BCUT2D eigenvalue weighted by Crippen LogP contribution is 2.39. The van der Waals surface area contributed by atoms with Gasteiger partial charge < -0.3 is 29.7 Å². The Morgan fingerprint density at radius 3 is 2.37 bits per heavy atom. The summed E-state index contributed by atoms with van der Waals surface area (Å²) in [5.41, 5.74) is 0.859. The first kappa shape index (κ1) is 20.7. The van der Waals surface area contributed by atoms with Crippen molar-refractivity contribution < 1.29 is 19.0 Å².